The fraction of sp³-hybridized carbons (Fsp3) is 0.684. The summed E-state index contributed by atoms with van der Waals surface area (Å²) in [6.45, 7) is 11.9. The molecular weight excluding hydrogens is 328 g/mol. The molecule has 0 radical (unpaired) electrons. The largest absolute Gasteiger partial charge is 0.378 e. The van der Waals surface area contributed by atoms with Crippen LogP contribution in [0.5, 0.6) is 0 Å². The van der Waals surface area contributed by atoms with Gasteiger partial charge in [-0.2, -0.15) is 0 Å². The lowest BCUT2D eigenvalue weighted by Crippen LogP contribution is -2.36. The standard InChI is InChI=1S/C19H30N6O/c1-6-24-13-20-23-17(24)14-8-7-9-25(11-14)16-10-15(12-26-5)21-18(22-16)19(2,3)4/h10,13-14H,6-9,11-12H2,1-5H3. The Kier molecular flexibility index (Phi) is 5.55. The minimum absolute atomic E-state index is 0.101. The van der Waals surface area contributed by atoms with E-state index in [-0.39, 0.29) is 5.41 Å². The number of aromatic nitrogens is 5. The summed E-state index contributed by atoms with van der Waals surface area (Å²) in [7, 11) is 1.70. The van der Waals surface area contributed by atoms with Crippen LogP contribution in [0.1, 0.15) is 63.8 Å². The van der Waals surface area contributed by atoms with Crippen molar-refractivity contribution in [1.29, 1.82) is 0 Å². The molecule has 0 bridgehead atoms. The van der Waals surface area contributed by atoms with E-state index in [0.29, 0.717) is 12.5 Å². The molecule has 0 saturated carbocycles. The van der Waals surface area contributed by atoms with Crippen LogP contribution in [0.4, 0.5) is 5.82 Å². The Hall–Kier alpha value is -2.02. The fourth-order valence-corrected chi connectivity index (χ4v) is 3.42. The van der Waals surface area contributed by atoms with Crippen LogP contribution in [0.25, 0.3) is 0 Å². The van der Waals surface area contributed by atoms with E-state index in [2.05, 4.69) is 53.4 Å². The van der Waals surface area contributed by atoms with Crippen LogP contribution in [0.15, 0.2) is 12.4 Å². The predicted molar refractivity (Wildman–Crippen MR) is 101 cm³/mol. The van der Waals surface area contributed by atoms with Crippen molar-refractivity contribution in [1.82, 2.24) is 24.7 Å². The Bertz CT molecular complexity index is 736. The molecule has 0 aliphatic carbocycles. The zero-order chi connectivity index (χ0) is 18.7. The van der Waals surface area contributed by atoms with E-state index in [1.807, 2.05) is 6.33 Å². The first kappa shape index (κ1) is 18.8. The van der Waals surface area contributed by atoms with Crippen LogP contribution in [-0.2, 0) is 23.3 Å². The molecule has 3 rings (SSSR count). The molecular formula is C19H30N6O. The van der Waals surface area contributed by atoms with Gasteiger partial charge in [-0.1, -0.05) is 20.8 Å². The van der Waals surface area contributed by atoms with E-state index < -0.39 is 0 Å². The lowest BCUT2D eigenvalue weighted by molar-refractivity contribution is 0.181. The Morgan fingerprint density at radius 3 is 2.77 bits per heavy atom. The number of rotatable bonds is 5. The van der Waals surface area contributed by atoms with Crippen LogP contribution in [0.2, 0.25) is 0 Å². The van der Waals surface area contributed by atoms with Crippen molar-refractivity contribution < 1.29 is 4.74 Å². The molecule has 2 aromatic rings. The Labute approximate surface area is 155 Å². The van der Waals surface area contributed by atoms with Crippen LogP contribution >= 0.6 is 0 Å². The molecule has 0 amide bonds. The van der Waals surface area contributed by atoms with Crippen LogP contribution in [0, 0.1) is 0 Å². The van der Waals surface area contributed by atoms with Gasteiger partial charge in [-0.3, -0.25) is 0 Å². The topological polar surface area (TPSA) is 69.0 Å². The average molecular weight is 358 g/mol. The predicted octanol–water partition coefficient (Wildman–Crippen LogP) is 2.92. The summed E-state index contributed by atoms with van der Waals surface area (Å²) in [6, 6.07) is 2.06. The van der Waals surface area contributed by atoms with E-state index >= 15 is 0 Å². The Morgan fingerprint density at radius 2 is 2.08 bits per heavy atom. The van der Waals surface area contributed by atoms with Gasteiger partial charge in [0.1, 0.15) is 23.8 Å². The van der Waals surface area contributed by atoms with Gasteiger partial charge in [0.05, 0.1) is 12.3 Å². The van der Waals surface area contributed by atoms with Crippen molar-refractivity contribution in [3.8, 4) is 0 Å². The first-order chi connectivity index (χ1) is 12.4. The zero-order valence-electron chi connectivity index (χ0n) is 16.6. The summed E-state index contributed by atoms with van der Waals surface area (Å²) in [5, 5.41) is 8.48. The molecule has 1 unspecified atom stereocenters. The monoisotopic (exact) mass is 358 g/mol. The third-order valence-corrected chi connectivity index (χ3v) is 4.83. The third kappa shape index (κ3) is 4.03. The highest BCUT2D eigenvalue weighted by molar-refractivity contribution is 5.42. The van der Waals surface area contributed by atoms with E-state index in [1.54, 1.807) is 7.11 Å². The third-order valence-electron chi connectivity index (χ3n) is 4.83. The lowest BCUT2D eigenvalue weighted by Gasteiger charge is -2.34. The van der Waals surface area contributed by atoms with Gasteiger partial charge in [0, 0.05) is 44.1 Å². The molecule has 7 heteroatoms. The van der Waals surface area contributed by atoms with Crippen LogP contribution in [-0.4, -0.2) is 44.9 Å². The van der Waals surface area contributed by atoms with Crippen molar-refractivity contribution in [3.63, 3.8) is 0 Å². The first-order valence-electron chi connectivity index (χ1n) is 9.42. The normalized spacial score (nSPS) is 18.3. The van der Waals surface area contributed by atoms with Crippen molar-refractivity contribution in [2.75, 3.05) is 25.1 Å². The first-order valence-corrected chi connectivity index (χ1v) is 9.42. The minimum Gasteiger partial charge on any atom is -0.378 e. The molecule has 1 saturated heterocycles. The van der Waals surface area contributed by atoms with Gasteiger partial charge in [-0.15, -0.1) is 10.2 Å². The molecule has 0 spiro atoms. The maximum Gasteiger partial charge on any atom is 0.137 e. The molecule has 3 heterocycles. The van der Waals surface area contributed by atoms with Gasteiger partial charge in [0.15, 0.2) is 0 Å². The Morgan fingerprint density at radius 1 is 1.27 bits per heavy atom. The second kappa shape index (κ2) is 7.70. The number of methoxy groups -OCH3 is 1. The van der Waals surface area contributed by atoms with E-state index in [1.165, 1.54) is 0 Å². The van der Waals surface area contributed by atoms with Crippen molar-refractivity contribution in [2.24, 2.45) is 0 Å². The summed E-state index contributed by atoms with van der Waals surface area (Å²) in [4.78, 5) is 11.9. The van der Waals surface area contributed by atoms with E-state index in [4.69, 9.17) is 14.7 Å². The molecule has 142 valence electrons. The second-order valence-corrected chi connectivity index (χ2v) is 7.98. The molecule has 7 nitrogen and oxygen atoms in total. The number of hydrogen-bond acceptors (Lipinski definition) is 6. The average Bonchev–Trinajstić information content (AvgIpc) is 3.10. The molecule has 2 aromatic heterocycles. The number of anilines is 1. The number of ether oxygens (including phenoxy) is 1. The number of piperidine rings is 1. The molecule has 1 atom stereocenters. The molecule has 1 fully saturated rings. The number of aryl methyl sites for hydroxylation is 1. The van der Waals surface area contributed by atoms with Gasteiger partial charge in [0.25, 0.3) is 0 Å². The maximum absolute atomic E-state index is 5.32. The van der Waals surface area contributed by atoms with Gasteiger partial charge >= 0.3 is 0 Å². The lowest BCUT2D eigenvalue weighted by atomic mass is 9.95. The summed E-state index contributed by atoms with van der Waals surface area (Å²) in [6.07, 6.45) is 4.08. The second-order valence-electron chi connectivity index (χ2n) is 7.98. The highest BCUT2D eigenvalue weighted by atomic mass is 16.5. The molecule has 26 heavy (non-hydrogen) atoms. The number of nitrogens with zero attached hydrogens (tertiary/aromatic N) is 6. The number of hydrogen-bond donors (Lipinski definition) is 0. The van der Waals surface area contributed by atoms with Crippen molar-refractivity contribution >= 4 is 5.82 Å². The molecule has 0 N–H and O–H groups in total. The highest BCUT2D eigenvalue weighted by Gasteiger charge is 2.27. The smallest absolute Gasteiger partial charge is 0.137 e. The summed E-state index contributed by atoms with van der Waals surface area (Å²) < 4.78 is 7.46. The summed E-state index contributed by atoms with van der Waals surface area (Å²) >= 11 is 0. The molecule has 1 aliphatic heterocycles. The highest BCUT2D eigenvalue weighted by Crippen LogP contribution is 2.30. The van der Waals surface area contributed by atoms with Gasteiger partial charge < -0.3 is 14.2 Å². The minimum atomic E-state index is -0.101. The summed E-state index contributed by atoms with van der Waals surface area (Å²) in [5.41, 5.74) is 0.831. The van der Waals surface area contributed by atoms with Crippen LogP contribution in [0.3, 0.4) is 0 Å². The van der Waals surface area contributed by atoms with Crippen molar-refractivity contribution in [2.45, 2.75) is 65.0 Å². The van der Waals surface area contributed by atoms with Gasteiger partial charge in [0.2, 0.25) is 0 Å². The van der Waals surface area contributed by atoms with Crippen molar-refractivity contribution in [3.05, 3.63) is 29.7 Å². The SMILES string of the molecule is CCn1cnnc1C1CCCN(c2cc(COC)nc(C(C)(C)C)n2)C1. The zero-order valence-corrected chi connectivity index (χ0v) is 16.6. The Balaban J connectivity index is 1.89. The van der Waals surface area contributed by atoms with E-state index in [0.717, 1.165) is 55.6 Å². The molecule has 0 aromatic carbocycles. The summed E-state index contributed by atoms with van der Waals surface area (Å²) in [5.74, 6) is 3.31. The van der Waals surface area contributed by atoms with Gasteiger partial charge in [-0.25, -0.2) is 9.97 Å². The van der Waals surface area contributed by atoms with Crippen LogP contribution < -0.4 is 4.90 Å². The van der Waals surface area contributed by atoms with Gasteiger partial charge in [-0.05, 0) is 19.8 Å². The molecule has 1 aliphatic rings. The van der Waals surface area contributed by atoms with E-state index in [9.17, 15) is 0 Å². The maximum atomic E-state index is 5.32. The fourth-order valence-electron chi connectivity index (χ4n) is 3.42. The quantitative estimate of drug-likeness (QED) is 0.818.